The van der Waals surface area contributed by atoms with E-state index in [1.165, 1.54) is 11.8 Å². The number of rotatable bonds is 3. The zero-order valence-corrected chi connectivity index (χ0v) is 8.68. The molecule has 0 aliphatic heterocycles. The van der Waals surface area contributed by atoms with Crippen LogP contribution in [0.5, 0.6) is 0 Å². The Morgan fingerprint density at radius 2 is 1.87 bits per heavy atom. The summed E-state index contributed by atoms with van der Waals surface area (Å²) in [6.45, 7) is 0.454. The second kappa shape index (κ2) is 4.81. The van der Waals surface area contributed by atoms with E-state index in [9.17, 15) is 0 Å². The van der Waals surface area contributed by atoms with Crippen LogP contribution < -0.4 is 5.73 Å². The molecule has 0 aliphatic carbocycles. The van der Waals surface area contributed by atoms with E-state index in [4.69, 9.17) is 5.73 Å². The van der Waals surface area contributed by atoms with Crippen molar-refractivity contribution < 1.29 is 0 Å². The molecule has 2 heterocycles. The highest BCUT2D eigenvalue weighted by atomic mass is 32.2. The number of hydrogen-bond acceptors (Lipinski definition) is 6. The number of nitrogens with two attached hydrogens (primary N) is 1. The normalized spacial score (nSPS) is 10.2. The average molecular weight is 219 g/mol. The van der Waals surface area contributed by atoms with Crippen molar-refractivity contribution in [2.75, 3.05) is 0 Å². The zero-order valence-electron chi connectivity index (χ0n) is 7.87. The second-order valence-corrected chi connectivity index (χ2v) is 3.71. The van der Waals surface area contributed by atoms with Crippen LogP contribution in [0.25, 0.3) is 0 Å². The minimum atomic E-state index is 0.454. The summed E-state index contributed by atoms with van der Waals surface area (Å²) in [5.74, 6) is 0. The van der Waals surface area contributed by atoms with Crippen LogP contribution in [0.2, 0.25) is 0 Å². The summed E-state index contributed by atoms with van der Waals surface area (Å²) in [7, 11) is 0. The van der Waals surface area contributed by atoms with Gasteiger partial charge in [-0.3, -0.25) is 4.98 Å². The number of nitrogens with zero attached hydrogens (tertiary/aromatic N) is 4. The van der Waals surface area contributed by atoms with Gasteiger partial charge in [0, 0.05) is 36.9 Å². The average Bonchev–Trinajstić information content (AvgIpc) is 2.31. The molecule has 5 nitrogen and oxygen atoms in total. The summed E-state index contributed by atoms with van der Waals surface area (Å²) in [5.41, 5.74) is 6.36. The predicted molar refractivity (Wildman–Crippen MR) is 56.1 cm³/mol. The molecule has 2 aromatic heterocycles. The van der Waals surface area contributed by atoms with E-state index in [0.29, 0.717) is 11.7 Å². The molecule has 0 spiro atoms. The molecular weight excluding hydrogens is 210 g/mol. The van der Waals surface area contributed by atoms with Crippen molar-refractivity contribution in [2.45, 2.75) is 16.7 Å². The molecule has 0 unspecified atom stereocenters. The van der Waals surface area contributed by atoms with Crippen molar-refractivity contribution in [3.05, 3.63) is 36.5 Å². The lowest BCUT2D eigenvalue weighted by atomic mass is 10.4. The SMILES string of the molecule is NCc1cnc(Sc2cnccn2)nc1. The topological polar surface area (TPSA) is 77.6 Å². The minimum absolute atomic E-state index is 0.454. The lowest BCUT2D eigenvalue weighted by Crippen LogP contribution is -1.98. The Labute approximate surface area is 91.2 Å². The van der Waals surface area contributed by atoms with Crippen LogP contribution in [0.4, 0.5) is 0 Å². The predicted octanol–water partition coefficient (Wildman–Crippen LogP) is 0.876. The Bertz CT molecular complexity index is 416. The van der Waals surface area contributed by atoms with E-state index in [1.807, 2.05) is 0 Å². The maximum atomic E-state index is 5.44. The van der Waals surface area contributed by atoms with Crippen LogP contribution >= 0.6 is 11.8 Å². The molecular formula is C9H9N5S. The Morgan fingerprint density at radius 1 is 1.07 bits per heavy atom. The maximum absolute atomic E-state index is 5.44. The summed E-state index contributed by atoms with van der Waals surface area (Å²) >= 11 is 1.37. The molecule has 2 aromatic rings. The first-order valence-corrected chi connectivity index (χ1v) is 5.15. The van der Waals surface area contributed by atoms with E-state index >= 15 is 0 Å². The molecule has 6 heteroatoms. The Kier molecular flexibility index (Phi) is 3.21. The number of aromatic nitrogens is 4. The smallest absolute Gasteiger partial charge is 0.193 e. The standard InChI is InChI=1S/C9H9N5S/c10-3-7-4-13-9(14-5-7)15-8-6-11-1-2-12-8/h1-2,4-6H,3,10H2. The van der Waals surface area contributed by atoms with Gasteiger partial charge in [-0.1, -0.05) is 0 Å². The third-order valence-corrected chi connectivity index (χ3v) is 2.47. The van der Waals surface area contributed by atoms with Crippen molar-refractivity contribution in [1.29, 1.82) is 0 Å². The summed E-state index contributed by atoms with van der Waals surface area (Å²) in [5, 5.41) is 1.42. The van der Waals surface area contributed by atoms with E-state index in [-0.39, 0.29) is 0 Å². The molecule has 0 radical (unpaired) electrons. The van der Waals surface area contributed by atoms with Gasteiger partial charge in [-0.25, -0.2) is 15.0 Å². The monoisotopic (exact) mass is 219 g/mol. The first-order chi connectivity index (χ1) is 7.38. The summed E-state index contributed by atoms with van der Waals surface area (Å²) in [6.07, 6.45) is 8.36. The third-order valence-electron chi connectivity index (χ3n) is 1.65. The van der Waals surface area contributed by atoms with Crippen LogP contribution in [0.15, 0.2) is 41.2 Å². The van der Waals surface area contributed by atoms with Gasteiger partial charge < -0.3 is 5.73 Å². The van der Waals surface area contributed by atoms with Crippen molar-refractivity contribution in [3.8, 4) is 0 Å². The highest BCUT2D eigenvalue weighted by molar-refractivity contribution is 7.99. The largest absolute Gasteiger partial charge is 0.326 e. The van der Waals surface area contributed by atoms with Crippen LogP contribution in [0.3, 0.4) is 0 Å². The van der Waals surface area contributed by atoms with Gasteiger partial charge in [-0.2, -0.15) is 0 Å². The molecule has 0 saturated heterocycles. The molecule has 0 aromatic carbocycles. The van der Waals surface area contributed by atoms with E-state index in [2.05, 4.69) is 19.9 Å². The first-order valence-electron chi connectivity index (χ1n) is 4.33. The van der Waals surface area contributed by atoms with Crippen LogP contribution in [-0.4, -0.2) is 19.9 Å². The molecule has 2 N–H and O–H groups in total. The summed E-state index contributed by atoms with van der Waals surface area (Å²) < 4.78 is 0. The van der Waals surface area contributed by atoms with Gasteiger partial charge in [-0.15, -0.1) is 0 Å². The lowest BCUT2D eigenvalue weighted by molar-refractivity contribution is 0.909. The first kappa shape index (κ1) is 10.0. The fourth-order valence-corrected chi connectivity index (χ4v) is 1.56. The molecule has 0 fully saturated rings. The Balaban J connectivity index is 2.11. The van der Waals surface area contributed by atoms with Gasteiger partial charge in [0.25, 0.3) is 0 Å². The maximum Gasteiger partial charge on any atom is 0.193 e. The zero-order chi connectivity index (χ0) is 10.5. The lowest BCUT2D eigenvalue weighted by Gasteiger charge is -1.99. The van der Waals surface area contributed by atoms with Gasteiger partial charge in [-0.05, 0) is 11.8 Å². The molecule has 76 valence electrons. The minimum Gasteiger partial charge on any atom is -0.326 e. The molecule has 15 heavy (non-hydrogen) atoms. The summed E-state index contributed by atoms with van der Waals surface area (Å²) in [4.78, 5) is 16.4. The molecule has 0 saturated carbocycles. The van der Waals surface area contributed by atoms with E-state index in [1.54, 1.807) is 31.0 Å². The van der Waals surface area contributed by atoms with Crippen molar-refractivity contribution in [1.82, 2.24) is 19.9 Å². The fourth-order valence-electron chi connectivity index (χ4n) is 0.933. The number of hydrogen-bond donors (Lipinski definition) is 1. The quantitative estimate of drug-likeness (QED) is 0.772. The van der Waals surface area contributed by atoms with Crippen LogP contribution in [0, 0.1) is 0 Å². The molecule has 0 amide bonds. The van der Waals surface area contributed by atoms with Crippen molar-refractivity contribution >= 4 is 11.8 Å². The highest BCUT2D eigenvalue weighted by Crippen LogP contribution is 2.20. The van der Waals surface area contributed by atoms with Crippen LogP contribution in [0.1, 0.15) is 5.56 Å². The van der Waals surface area contributed by atoms with Crippen molar-refractivity contribution in [3.63, 3.8) is 0 Å². The second-order valence-electron chi connectivity index (χ2n) is 2.72. The van der Waals surface area contributed by atoms with Crippen molar-refractivity contribution in [2.24, 2.45) is 5.73 Å². The van der Waals surface area contributed by atoms with Crippen LogP contribution in [-0.2, 0) is 6.54 Å². The van der Waals surface area contributed by atoms with Gasteiger partial charge in [0.2, 0.25) is 0 Å². The van der Waals surface area contributed by atoms with Gasteiger partial charge >= 0.3 is 0 Å². The van der Waals surface area contributed by atoms with E-state index < -0.39 is 0 Å². The highest BCUT2D eigenvalue weighted by Gasteiger charge is 2.01. The third kappa shape index (κ3) is 2.71. The van der Waals surface area contributed by atoms with E-state index in [0.717, 1.165) is 10.6 Å². The molecule has 0 bridgehead atoms. The molecule has 2 rings (SSSR count). The van der Waals surface area contributed by atoms with Gasteiger partial charge in [0.15, 0.2) is 5.16 Å². The fraction of sp³-hybridized carbons (Fsp3) is 0.111. The van der Waals surface area contributed by atoms with Gasteiger partial charge in [0.05, 0.1) is 6.20 Å². The summed E-state index contributed by atoms with van der Waals surface area (Å²) in [6, 6.07) is 0. The Hall–Kier alpha value is -1.53. The Morgan fingerprint density at radius 3 is 2.47 bits per heavy atom. The molecule has 0 atom stereocenters. The van der Waals surface area contributed by atoms with Gasteiger partial charge in [0.1, 0.15) is 5.03 Å². The molecule has 0 aliphatic rings.